The van der Waals surface area contributed by atoms with E-state index in [4.69, 9.17) is 6.42 Å². The Bertz CT molecular complexity index is 522. The standard InChI is InChI=1S/C12H12N4/c1-3-10-5-4-6-11(7-10)13-8-12-9-14-15-16(12)2/h1,4-7,9,13H,8H2,2H3. The Balaban J connectivity index is 2.05. The second-order valence-corrected chi connectivity index (χ2v) is 3.43. The van der Waals surface area contributed by atoms with Gasteiger partial charge in [-0.05, 0) is 18.2 Å². The molecule has 2 aromatic rings. The second-order valence-electron chi connectivity index (χ2n) is 3.43. The Morgan fingerprint density at radius 2 is 2.38 bits per heavy atom. The van der Waals surface area contributed by atoms with Crippen molar-refractivity contribution in [3.8, 4) is 12.3 Å². The van der Waals surface area contributed by atoms with Crippen LogP contribution >= 0.6 is 0 Å². The van der Waals surface area contributed by atoms with E-state index in [2.05, 4.69) is 21.5 Å². The zero-order valence-corrected chi connectivity index (χ0v) is 9.01. The molecule has 0 spiro atoms. The van der Waals surface area contributed by atoms with Crippen molar-refractivity contribution < 1.29 is 0 Å². The highest BCUT2D eigenvalue weighted by Gasteiger charge is 1.99. The van der Waals surface area contributed by atoms with Crippen LogP contribution in [0.4, 0.5) is 5.69 Å². The van der Waals surface area contributed by atoms with Gasteiger partial charge in [0.1, 0.15) is 0 Å². The van der Waals surface area contributed by atoms with Crippen LogP contribution in [0.2, 0.25) is 0 Å². The summed E-state index contributed by atoms with van der Waals surface area (Å²) in [5.74, 6) is 2.60. The monoisotopic (exact) mass is 212 g/mol. The van der Waals surface area contributed by atoms with Crippen LogP contribution in [-0.4, -0.2) is 15.0 Å². The Labute approximate surface area is 94.3 Å². The molecule has 2 rings (SSSR count). The molecule has 0 fully saturated rings. The van der Waals surface area contributed by atoms with E-state index < -0.39 is 0 Å². The van der Waals surface area contributed by atoms with Crippen molar-refractivity contribution in [3.05, 3.63) is 41.7 Å². The molecule has 16 heavy (non-hydrogen) atoms. The predicted molar refractivity (Wildman–Crippen MR) is 62.7 cm³/mol. The molecule has 0 amide bonds. The largest absolute Gasteiger partial charge is 0.379 e. The number of terminal acetylenes is 1. The summed E-state index contributed by atoms with van der Waals surface area (Å²) in [5.41, 5.74) is 2.89. The summed E-state index contributed by atoms with van der Waals surface area (Å²) in [6.45, 7) is 0.678. The quantitative estimate of drug-likeness (QED) is 0.782. The zero-order chi connectivity index (χ0) is 11.4. The zero-order valence-electron chi connectivity index (χ0n) is 9.01. The van der Waals surface area contributed by atoms with Crippen molar-refractivity contribution in [2.24, 2.45) is 7.05 Å². The minimum atomic E-state index is 0.678. The van der Waals surface area contributed by atoms with Crippen LogP contribution in [0.5, 0.6) is 0 Å². The van der Waals surface area contributed by atoms with E-state index in [-0.39, 0.29) is 0 Å². The summed E-state index contributed by atoms with van der Waals surface area (Å²) < 4.78 is 1.73. The number of benzene rings is 1. The number of nitrogens with one attached hydrogen (secondary N) is 1. The van der Waals surface area contributed by atoms with E-state index in [1.54, 1.807) is 10.9 Å². The smallest absolute Gasteiger partial charge is 0.0774 e. The first-order valence-corrected chi connectivity index (χ1v) is 4.93. The first-order chi connectivity index (χ1) is 7.79. The maximum Gasteiger partial charge on any atom is 0.0774 e. The van der Waals surface area contributed by atoms with Gasteiger partial charge in [0, 0.05) is 18.3 Å². The van der Waals surface area contributed by atoms with Gasteiger partial charge in [0.2, 0.25) is 0 Å². The molecule has 1 aromatic carbocycles. The molecule has 0 unspecified atom stereocenters. The molecule has 0 bridgehead atoms. The van der Waals surface area contributed by atoms with Gasteiger partial charge in [-0.2, -0.15) is 0 Å². The van der Waals surface area contributed by atoms with Gasteiger partial charge in [-0.1, -0.05) is 17.2 Å². The van der Waals surface area contributed by atoms with Gasteiger partial charge in [-0.15, -0.1) is 11.5 Å². The van der Waals surface area contributed by atoms with Gasteiger partial charge in [0.05, 0.1) is 18.4 Å². The van der Waals surface area contributed by atoms with Crippen molar-refractivity contribution in [2.75, 3.05) is 5.32 Å². The van der Waals surface area contributed by atoms with E-state index in [0.717, 1.165) is 16.9 Å². The summed E-state index contributed by atoms with van der Waals surface area (Å²) in [6.07, 6.45) is 7.07. The SMILES string of the molecule is C#Cc1cccc(NCc2cnnn2C)c1. The number of aryl methyl sites for hydroxylation is 1. The van der Waals surface area contributed by atoms with Crippen molar-refractivity contribution in [3.63, 3.8) is 0 Å². The summed E-state index contributed by atoms with van der Waals surface area (Å²) >= 11 is 0. The summed E-state index contributed by atoms with van der Waals surface area (Å²) in [4.78, 5) is 0. The van der Waals surface area contributed by atoms with E-state index in [9.17, 15) is 0 Å². The minimum Gasteiger partial charge on any atom is -0.379 e. The molecular formula is C12H12N4. The van der Waals surface area contributed by atoms with Crippen molar-refractivity contribution >= 4 is 5.69 Å². The van der Waals surface area contributed by atoms with Gasteiger partial charge in [0.25, 0.3) is 0 Å². The third kappa shape index (κ3) is 2.20. The fraction of sp³-hybridized carbons (Fsp3) is 0.167. The van der Waals surface area contributed by atoms with E-state index in [1.165, 1.54) is 0 Å². The van der Waals surface area contributed by atoms with Crippen LogP contribution in [0.15, 0.2) is 30.5 Å². The normalized spacial score (nSPS) is 9.75. The predicted octanol–water partition coefficient (Wildman–Crippen LogP) is 1.41. The van der Waals surface area contributed by atoms with Crippen LogP contribution in [0.25, 0.3) is 0 Å². The third-order valence-corrected chi connectivity index (χ3v) is 2.31. The molecule has 0 aliphatic carbocycles. The highest BCUT2D eigenvalue weighted by atomic mass is 15.4. The minimum absolute atomic E-state index is 0.678. The van der Waals surface area contributed by atoms with Crippen molar-refractivity contribution in [1.29, 1.82) is 0 Å². The lowest BCUT2D eigenvalue weighted by molar-refractivity contribution is 0.683. The van der Waals surface area contributed by atoms with E-state index >= 15 is 0 Å². The van der Waals surface area contributed by atoms with Crippen LogP contribution in [0, 0.1) is 12.3 Å². The lowest BCUT2D eigenvalue weighted by atomic mass is 10.2. The first-order valence-electron chi connectivity index (χ1n) is 4.93. The molecule has 1 heterocycles. The third-order valence-electron chi connectivity index (χ3n) is 2.31. The molecule has 0 saturated carbocycles. The lowest BCUT2D eigenvalue weighted by Gasteiger charge is -2.06. The fourth-order valence-electron chi connectivity index (χ4n) is 1.38. The topological polar surface area (TPSA) is 42.7 Å². The van der Waals surface area contributed by atoms with Crippen LogP contribution in [-0.2, 0) is 13.6 Å². The van der Waals surface area contributed by atoms with Gasteiger partial charge in [-0.25, -0.2) is 0 Å². The molecule has 0 saturated heterocycles. The summed E-state index contributed by atoms with van der Waals surface area (Å²) in [7, 11) is 1.86. The molecule has 0 radical (unpaired) electrons. The molecule has 0 atom stereocenters. The molecule has 80 valence electrons. The lowest BCUT2D eigenvalue weighted by Crippen LogP contribution is -2.05. The summed E-state index contributed by atoms with van der Waals surface area (Å²) in [5, 5.41) is 10.9. The molecule has 0 aliphatic rings. The van der Waals surface area contributed by atoms with Crippen LogP contribution in [0.3, 0.4) is 0 Å². The highest BCUT2D eigenvalue weighted by Crippen LogP contribution is 2.10. The summed E-state index contributed by atoms with van der Waals surface area (Å²) in [6, 6.07) is 7.74. The van der Waals surface area contributed by atoms with E-state index in [0.29, 0.717) is 6.54 Å². The molecule has 4 heteroatoms. The van der Waals surface area contributed by atoms with Gasteiger partial charge < -0.3 is 5.32 Å². The number of hydrogen-bond donors (Lipinski definition) is 1. The first kappa shape index (κ1) is 10.2. The maximum absolute atomic E-state index is 5.33. The maximum atomic E-state index is 5.33. The molecule has 1 N–H and O–H groups in total. The number of hydrogen-bond acceptors (Lipinski definition) is 3. The highest BCUT2D eigenvalue weighted by molar-refractivity contribution is 5.49. The molecule has 0 aliphatic heterocycles. The Morgan fingerprint density at radius 3 is 3.06 bits per heavy atom. The Hall–Kier alpha value is -2.28. The number of aromatic nitrogens is 3. The van der Waals surface area contributed by atoms with Crippen LogP contribution < -0.4 is 5.32 Å². The second kappa shape index (κ2) is 4.49. The van der Waals surface area contributed by atoms with E-state index in [1.807, 2.05) is 31.3 Å². The molecule has 4 nitrogen and oxygen atoms in total. The average Bonchev–Trinajstić information content (AvgIpc) is 2.72. The number of rotatable bonds is 3. The van der Waals surface area contributed by atoms with Gasteiger partial charge in [0.15, 0.2) is 0 Å². The van der Waals surface area contributed by atoms with Gasteiger partial charge in [-0.3, -0.25) is 4.68 Å². The molecular weight excluding hydrogens is 200 g/mol. The number of anilines is 1. The van der Waals surface area contributed by atoms with Crippen molar-refractivity contribution in [2.45, 2.75) is 6.54 Å². The molecule has 1 aromatic heterocycles. The Kier molecular flexibility index (Phi) is 2.88. The van der Waals surface area contributed by atoms with Crippen LogP contribution in [0.1, 0.15) is 11.3 Å². The Morgan fingerprint density at radius 1 is 1.50 bits per heavy atom. The average molecular weight is 212 g/mol. The van der Waals surface area contributed by atoms with Gasteiger partial charge >= 0.3 is 0 Å². The van der Waals surface area contributed by atoms with Crippen molar-refractivity contribution in [1.82, 2.24) is 15.0 Å². The fourth-order valence-corrected chi connectivity index (χ4v) is 1.38. The number of nitrogens with zero attached hydrogens (tertiary/aromatic N) is 3.